The second kappa shape index (κ2) is 21.6. The van der Waals surface area contributed by atoms with Crippen molar-refractivity contribution in [1.82, 2.24) is 25.2 Å². The first-order valence-corrected chi connectivity index (χ1v) is 22.5. The third kappa shape index (κ3) is 13.1. The number of imidazole rings is 1. The maximum atomic E-state index is 12.3. The number of methoxy groups -OCH3 is 4. The molecule has 16 nitrogen and oxygen atoms in total. The normalized spacial score (nSPS) is 12.9. The van der Waals surface area contributed by atoms with Crippen molar-refractivity contribution >= 4 is 44.0 Å². The first kappa shape index (κ1) is 47.7. The standard InChI is InChI=1S/C45H62N6O10S/c1-9-10-15-39-50-40-41(51(39)27-31-18-20-33(58-6)25-38(31)60-8)34-21-16-29(23-35(34)48-42(40)47-26-30-17-19-32(57-5)24-37(30)59-7)14-12-11-13-22-46-43(52)36(28-62(54,55)56)49-44(53)61-45(2,3)4/h16-21,23-25,36,43,46,52H,9-15,22,26-28H2,1-8H3,(H,47,48)(H,49,53)(H,54,55,56). The highest BCUT2D eigenvalue weighted by Crippen LogP contribution is 2.35. The van der Waals surface area contributed by atoms with Crippen LogP contribution in [0.3, 0.4) is 0 Å². The Kier molecular flexibility index (Phi) is 16.6. The molecule has 2 unspecified atom stereocenters. The molecule has 2 aromatic heterocycles. The molecule has 0 spiro atoms. The van der Waals surface area contributed by atoms with E-state index >= 15 is 0 Å². The molecule has 0 aliphatic heterocycles. The van der Waals surface area contributed by atoms with Gasteiger partial charge >= 0.3 is 6.09 Å². The van der Waals surface area contributed by atoms with Gasteiger partial charge in [-0.15, -0.1) is 0 Å². The van der Waals surface area contributed by atoms with Crippen molar-refractivity contribution < 1.29 is 46.6 Å². The van der Waals surface area contributed by atoms with E-state index in [-0.39, 0.29) is 0 Å². The third-order valence-electron chi connectivity index (χ3n) is 10.3. The summed E-state index contributed by atoms with van der Waals surface area (Å²) in [6, 6.07) is 16.6. The molecule has 2 atom stereocenters. The van der Waals surface area contributed by atoms with Crippen molar-refractivity contribution in [3.05, 3.63) is 77.1 Å². The summed E-state index contributed by atoms with van der Waals surface area (Å²) >= 11 is 0. The van der Waals surface area contributed by atoms with E-state index in [2.05, 4.69) is 45.6 Å². The van der Waals surface area contributed by atoms with Gasteiger partial charge in [0.15, 0.2) is 5.82 Å². The topological polar surface area (TPSA) is 205 Å². The van der Waals surface area contributed by atoms with Crippen LogP contribution in [0.15, 0.2) is 54.6 Å². The monoisotopic (exact) mass is 878 g/mol. The second-order valence-corrected chi connectivity index (χ2v) is 17.6. The number of carbonyl (C=O) groups is 1. The van der Waals surface area contributed by atoms with Crippen LogP contribution < -0.4 is 34.9 Å². The molecule has 62 heavy (non-hydrogen) atoms. The van der Waals surface area contributed by atoms with Gasteiger partial charge in [0.05, 0.1) is 57.8 Å². The molecule has 5 aromatic rings. The highest BCUT2D eigenvalue weighted by molar-refractivity contribution is 7.85. The molecule has 5 N–H and O–H groups in total. The Morgan fingerprint density at radius 2 is 1.52 bits per heavy atom. The van der Waals surface area contributed by atoms with E-state index in [0.29, 0.717) is 49.1 Å². The highest BCUT2D eigenvalue weighted by Gasteiger charge is 2.28. The second-order valence-electron chi connectivity index (χ2n) is 16.1. The van der Waals surface area contributed by atoms with Crippen LogP contribution in [0.5, 0.6) is 23.0 Å². The molecular formula is C45H62N6O10S. The molecule has 0 fully saturated rings. The molecule has 2 heterocycles. The lowest BCUT2D eigenvalue weighted by molar-refractivity contribution is 0.0400. The van der Waals surface area contributed by atoms with Gasteiger partial charge in [0, 0.05) is 41.6 Å². The molecule has 338 valence electrons. The molecule has 0 aliphatic carbocycles. The molecule has 0 saturated carbocycles. The van der Waals surface area contributed by atoms with Crippen LogP contribution in [0.2, 0.25) is 0 Å². The molecule has 1 amide bonds. The summed E-state index contributed by atoms with van der Waals surface area (Å²) in [6.45, 7) is 8.44. The zero-order chi connectivity index (χ0) is 45.0. The molecule has 3 aromatic carbocycles. The summed E-state index contributed by atoms with van der Waals surface area (Å²) in [6.07, 6.45) is 3.45. The van der Waals surface area contributed by atoms with Crippen LogP contribution >= 0.6 is 0 Å². The number of hydrogen-bond donors (Lipinski definition) is 5. The minimum atomic E-state index is -4.51. The molecular weight excluding hydrogens is 817 g/mol. The summed E-state index contributed by atoms with van der Waals surface area (Å²) in [5, 5.41) is 20.5. The number of ether oxygens (including phenoxy) is 5. The van der Waals surface area contributed by atoms with Crippen LogP contribution in [-0.2, 0) is 40.8 Å². The smallest absolute Gasteiger partial charge is 0.408 e. The van der Waals surface area contributed by atoms with Crippen molar-refractivity contribution in [1.29, 1.82) is 0 Å². The number of aromatic nitrogens is 3. The Balaban J connectivity index is 1.40. The summed E-state index contributed by atoms with van der Waals surface area (Å²) in [5.74, 6) is 3.54. The Hall–Kier alpha value is -5.36. The summed E-state index contributed by atoms with van der Waals surface area (Å²) in [5.41, 5.74) is 4.73. The number of amides is 1. The van der Waals surface area contributed by atoms with Crippen LogP contribution in [0.4, 0.5) is 10.6 Å². The Morgan fingerprint density at radius 3 is 2.15 bits per heavy atom. The van der Waals surface area contributed by atoms with Gasteiger partial charge in [0.25, 0.3) is 10.1 Å². The van der Waals surface area contributed by atoms with E-state index in [9.17, 15) is 22.9 Å². The summed E-state index contributed by atoms with van der Waals surface area (Å²) in [7, 11) is 2.05. The number of nitrogens with zero attached hydrogens (tertiary/aromatic N) is 3. The van der Waals surface area contributed by atoms with Gasteiger partial charge in [0.1, 0.15) is 46.2 Å². The van der Waals surface area contributed by atoms with E-state index < -0.39 is 39.8 Å². The number of rotatable bonds is 23. The number of anilines is 1. The Bertz CT molecular complexity index is 2400. The van der Waals surface area contributed by atoms with Gasteiger partial charge in [-0.1, -0.05) is 31.9 Å². The van der Waals surface area contributed by atoms with E-state index in [1.807, 2.05) is 36.4 Å². The number of unbranched alkanes of at least 4 members (excludes halogenated alkanes) is 3. The van der Waals surface area contributed by atoms with Gasteiger partial charge in [0.2, 0.25) is 0 Å². The zero-order valence-electron chi connectivity index (χ0n) is 37.0. The van der Waals surface area contributed by atoms with Gasteiger partial charge in [-0.2, -0.15) is 8.42 Å². The molecule has 0 bridgehead atoms. The first-order valence-electron chi connectivity index (χ1n) is 20.9. The Morgan fingerprint density at radius 1 is 0.839 bits per heavy atom. The number of aliphatic hydroxyl groups is 1. The Labute approximate surface area is 364 Å². The van der Waals surface area contributed by atoms with E-state index in [0.717, 1.165) is 88.7 Å². The van der Waals surface area contributed by atoms with E-state index in [1.165, 1.54) is 0 Å². The lowest BCUT2D eigenvalue weighted by Crippen LogP contribution is -2.54. The number of benzene rings is 3. The predicted molar refractivity (Wildman–Crippen MR) is 240 cm³/mol. The third-order valence-corrected chi connectivity index (χ3v) is 11.1. The van der Waals surface area contributed by atoms with Crippen molar-refractivity contribution in [2.75, 3.05) is 46.1 Å². The first-order chi connectivity index (χ1) is 29.6. The lowest BCUT2D eigenvalue weighted by Gasteiger charge is -2.26. The minimum absolute atomic E-state index is 0.341. The maximum Gasteiger partial charge on any atom is 0.408 e. The summed E-state index contributed by atoms with van der Waals surface area (Å²) in [4.78, 5) is 22.8. The van der Waals surface area contributed by atoms with E-state index in [1.54, 1.807) is 49.2 Å². The summed E-state index contributed by atoms with van der Waals surface area (Å²) < 4.78 is 62.6. The fourth-order valence-electron chi connectivity index (χ4n) is 7.21. The average Bonchev–Trinajstić information content (AvgIpc) is 3.59. The SMILES string of the molecule is CCCCc1nc2c(NCc3ccc(OC)cc3OC)nc3cc(CCCCCNC(O)C(CS(=O)(=O)O)NC(=O)OC(C)(C)C)ccc3c2n1Cc1ccc(OC)cc1OC. The number of alkyl carbamates (subject to hydrolysis) is 1. The van der Waals surface area contributed by atoms with Crippen molar-refractivity contribution in [2.24, 2.45) is 0 Å². The quantitative estimate of drug-likeness (QED) is 0.0254. The lowest BCUT2D eigenvalue weighted by atomic mass is 10.0. The predicted octanol–water partition coefficient (Wildman–Crippen LogP) is 7.02. The van der Waals surface area contributed by atoms with Crippen LogP contribution in [-0.4, -0.2) is 97.3 Å². The number of carbonyl (C=O) groups excluding carboxylic acids is 1. The van der Waals surface area contributed by atoms with E-state index in [4.69, 9.17) is 33.7 Å². The van der Waals surface area contributed by atoms with Crippen molar-refractivity contribution in [2.45, 2.75) is 104 Å². The van der Waals surface area contributed by atoms with Gasteiger partial charge in [-0.3, -0.25) is 9.87 Å². The average molecular weight is 879 g/mol. The molecule has 0 saturated heterocycles. The van der Waals surface area contributed by atoms with Gasteiger partial charge in [-0.25, -0.2) is 14.8 Å². The van der Waals surface area contributed by atoms with Crippen molar-refractivity contribution in [3.63, 3.8) is 0 Å². The highest BCUT2D eigenvalue weighted by atomic mass is 32.2. The van der Waals surface area contributed by atoms with Gasteiger partial charge < -0.3 is 44.0 Å². The fraction of sp³-hybridized carbons (Fsp3) is 0.489. The molecule has 0 radical (unpaired) electrons. The number of pyridine rings is 1. The maximum absolute atomic E-state index is 12.3. The van der Waals surface area contributed by atoms with Crippen molar-refractivity contribution in [3.8, 4) is 23.0 Å². The number of aryl methyl sites for hydroxylation is 2. The van der Waals surface area contributed by atoms with Crippen LogP contribution in [0, 0.1) is 0 Å². The largest absolute Gasteiger partial charge is 0.497 e. The number of aliphatic hydroxyl groups excluding tert-OH is 1. The zero-order valence-corrected chi connectivity index (χ0v) is 37.9. The minimum Gasteiger partial charge on any atom is -0.497 e. The molecule has 5 rings (SSSR count). The van der Waals surface area contributed by atoms with Crippen LogP contribution in [0.1, 0.15) is 82.3 Å². The fourth-order valence-corrected chi connectivity index (χ4v) is 7.93. The number of nitrogens with one attached hydrogen (secondary N) is 3. The number of hydrogen-bond acceptors (Lipinski definition) is 13. The molecule has 0 aliphatic rings. The molecule has 17 heteroatoms. The number of fused-ring (bicyclic) bond motifs is 3. The van der Waals surface area contributed by atoms with Crippen LogP contribution in [0.25, 0.3) is 21.9 Å². The van der Waals surface area contributed by atoms with Gasteiger partial charge in [-0.05, 0) is 88.9 Å².